The zero-order chi connectivity index (χ0) is 18.6. The van der Waals surface area contributed by atoms with E-state index >= 15 is 0 Å². The number of nitrogens with zero attached hydrogens (tertiary/aromatic N) is 1. The Morgan fingerprint density at radius 1 is 1.16 bits per heavy atom. The average Bonchev–Trinajstić information content (AvgIpc) is 2.55. The molecular weight excluding hydrogens is 334 g/mol. The Morgan fingerprint density at radius 3 is 2.24 bits per heavy atom. The lowest BCUT2D eigenvalue weighted by Crippen LogP contribution is -2.28. The van der Waals surface area contributed by atoms with Gasteiger partial charge < -0.3 is 13.9 Å². The van der Waals surface area contributed by atoms with Gasteiger partial charge in [-0.3, -0.25) is 19.7 Å². The van der Waals surface area contributed by atoms with Crippen LogP contribution < -0.4 is 5.63 Å². The fourth-order valence-electron chi connectivity index (χ4n) is 2.41. The first-order valence-electron chi connectivity index (χ1n) is 7.45. The van der Waals surface area contributed by atoms with Crippen LogP contribution in [0.2, 0.25) is 0 Å². The van der Waals surface area contributed by atoms with Crippen molar-refractivity contribution in [3.8, 4) is 0 Å². The smallest absolute Gasteiger partial charge is 0.415 e. The summed E-state index contributed by atoms with van der Waals surface area (Å²) in [6.45, 7) is 2.93. The summed E-state index contributed by atoms with van der Waals surface area (Å²) in [4.78, 5) is 47.1. The first-order chi connectivity index (χ1) is 11.9. The Kier molecular flexibility index (Phi) is 5.48. The zero-order valence-corrected chi connectivity index (χ0v) is 13.5. The molecule has 1 aromatic carbocycles. The van der Waals surface area contributed by atoms with Gasteiger partial charge in [0.2, 0.25) is 0 Å². The van der Waals surface area contributed by atoms with Crippen LogP contribution in [0, 0.1) is 10.1 Å². The second-order valence-corrected chi connectivity index (χ2v) is 4.84. The van der Waals surface area contributed by atoms with E-state index in [0.717, 1.165) is 0 Å². The predicted octanol–water partition coefficient (Wildman–Crippen LogP) is 1.91. The molecule has 0 fully saturated rings. The van der Waals surface area contributed by atoms with Crippen LogP contribution in [0.5, 0.6) is 0 Å². The minimum absolute atomic E-state index is 0.00620. The van der Waals surface area contributed by atoms with Crippen molar-refractivity contribution in [2.75, 3.05) is 13.2 Å². The number of hydrogen-bond donors (Lipinski definition) is 0. The molecule has 0 radical (unpaired) electrons. The van der Waals surface area contributed by atoms with Gasteiger partial charge in [0.25, 0.3) is 0 Å². The van der Waals surface area contributed by atoms with Crippen LogP contribution in [0.15, 0.2) is 33.5 Å². The minimum atomic E-state index is -1.77. The summed E-state index contributed by atoms with van der Waals surface area (Å²) in [5.74, 6) is -3.85. The standard InChI is InChI=1S/C16H15NO8/c1-3-23-14(18)12(15(19)24-4-2)11-9-7-5-6-8-10(9)25-16(20)13(11)17(21)22/h5-8,12H,3-4H2,1-2H3. The monoisotopic (exact) mass is 349 g/mol. The molecule has 0 aliphatic rings. The number of carbonyl (C=O) groups is 2. The number of ether oxygens (including phenoxy) is 2. The summed E-state index contributed by atoms with van der Waals surface area (Å²) in [5.41, 5.74) is -2.65. The molecule has 0 saturated heterocycles. The van der Waals surface area contributed by atoms with Gasteiger partial charge in [-0.2, -0.15) is 0 Å². The van der Waals surface area contributed by atoms with E-state index in [1.807, 2.05) is 0 Å². The first-order valence-corrected chi connectivity index (χ1v) is 7.45. The lowest BCUT2D eigenvalue weighted by Gasteiger charge is -2.15. The number of rotatable bonds is 6. The molecule has 132 valence electrons. The lowest BCUT2D eigenvalue weighted by atomic mass is 9.94. The number of para-hydroxylation sites is 1. The van der Waals surface area contributed by atoms with Gasteiger partial charge in [0.1, 0.15) is 5.58 Å². The number of esters is 2. The van der Waals surface area contributed by atoms with Crippen molar-refractivity contribution in [3.63, 3.8) is 0 Å². The third kappa shape index (κ3) is 3.49. The average molecular weight is 349 g/mol. The minimum Gasteiger partial charge on any atom is -0.465 e. The van der Waals surface area contributed by atoms with Gasteiger partial charge in [-0.05, 0) is 19.9 Å². The topological polar surface area (TPSA) is 126 Å². The molecule has 0 bridgehead atoms. The maximum absolute atomic E-state index is 12.3. The normalized spacial score (nSPS) is 10.7. The molecule has 0 saturated carbocycles. The van der Waals surface area contributed by atoms with Crippen molar-refractivity contribution in [1.29, 1.82) is 0 Å². The Bertz CT molecular complexity index is 867. The number of nitro groups is 1. The quantitative estimate of drug-likeness (QED) is 0.254. The molecule has 9 nitrogen and oxygen atoms in total. The van der Waals surface area contributed by atoms with Gasteiger partial charge in [0.15, 0.2) is 5.92 Å². The fourth-order valence-corrected chi connectivity index (χ4v) is 2.41. The molecule has 0 aliphatic carbocycles. The summed E-state index contributed by atoms with van der Waals surface area (Å²) >= 11 is 0. The largest absolute Gasteiger partial charge is 0.465 e. The van der Waals surface area contributed by atoms with Crippen LogP contribution in [-0.2, 0) is 19.1 Å². The number of hydrogen-bond acceptors (Lipinski definition) is 8. The molecule has 2 aromatic rings. The van der Waals surface area contributed by atoms with Gasteiger partial charge in [0.05, 0.1) is 23.7 Å². The summed E-state index contributed by atoms with van der Waals surface area (Å²) in [7, 11) is 0. The van der Waals surface area contributed by atoms with E-state index in [-0.39, 0.29) is 24.2 Å². The molecule has 0 spiro atoms. The molecule has 2 rings (SSSR count). The zero-order valence-electron chi connectivity index (χ0n) is 13.5. The van der Waals surface area contributed by atoms with E-state index < -0.39 is 39.7 Å². The molecular formula is C16H15NO8. The van der Waals surface area contributed by atoms with Crippen LogP contribution in [0.1, 0.15) is 25.3 Å². The highest BCUT2D eigenvalue weighted by molar-refractivity contribution is 6.05. The molecule has 0 amide bonds. The summed E-state index contributed by atoms with van der Waals surface area (Å²) in [6, 6.07) is 5.89. The van der Waals surface area contributed by atoms with Crippen LogP contribution in [0.25, 0.3) is 11.0 Å². The van der Waals surface area contributed by atoms with Gasteiger partial charge in [-0.1, -0.05) is 18.2 Å². The maximum atomic E-state index is 12.3. The Morgan fingerprint density at radius 2 is 1.72 bits per heavy atom. The van der Waals surface area contributed by atoms with Crippen LogP contribution in [0.3, 0.4) is 0 Å². The highest BCUT2D eigenvalue weighted by Gasteiger charge is 2.40. The third-order valence-electron chi connectivity index (χ3n) is 3.34. The number of fused-ring (bicyclic) bond motifs is 1. The molecule has 0 atom stereocenters. The lowest BCUT2D eigenvalue weighted by molar-refractivity contribution is -0.388. The van der Waals surface area contributed by atoms with Crippen molar-refractivity contribution in [2.45, 2.75) is 19.8 Å². The van der Waals surface area contributed by atoms with E-state index in [1.54, 1.807) is 6.07 Å². The molecule has 1 heterocycles. The SMILES string of the molecule is CCOC(=O)C(C(=O)OCC)c1c([N+](=O)[O-])c(=O)oc2ccccc12. The highest BCUT2D eigenvalue weighted by Crippen LogP contribution is 2.33. The van der Waals surface area contributed by atoms with Gasteiger partial charge in [0, 0.05) is 5.39 Å². The van der Waals surface area contributed by atoms with E-state index in [2.05, 4.69) is 0 Å². The van der Waals surface area contributed by atoms with E-state index in [0.29, 0.717) is 0 Å². The van der Waals surface area contributed by atoms with Gasteiger partial charge in [-0.15, -0.1) is 0 Å². The van der Waals surface area contributed by atoms with E-state index in [1.165, 1.54) is 32.0 Å². The molecule has 25 heavy (non-hydrogen) atoms. The molecule has 0 N–H and O–H groups in total. The van der Waals surface area contributed by atoms with Crippen molar-refractivity contribution in [1.82, 2.24) is 0 Å². The van der Waals surface area contributed by atoms with Gasteiger partial charge in [-0.25, -0.2) is 4.79 Å². The number of benzene rings is 1. The van der Waals surface area contributed by atoms with Crippen molar-refractivity contribution < 1.29 is 28.4 Å². The van der Waals surface area contributed by atoms with Crippen molar-refractivity contribution in [3.05, 3.63) is 50.4 Å². The third-order valence-corrected chi connectivity index (χ3v) is 3.34. The molecule has 9 heteroatoms. The second kappa shape index (κ2) is 7.56. The molecule has 1 aromatic heterocycles. The summed E-state index contributed by atoms with van der Waals surface area (Å²) in [5, 5.41) is 11.5. The van der Waals surface area contributed by atoms with Crippen LogP contribution >= 0.6 is 0 Å². The van der Waals surface area contributed by atoms with E-state index in [9.17, 15) is 24.5 Å². The Labute approximate surface area is 141 Å². The maximum Gasteiger partial charge on any atom is 0.415 e. The summed E-state index contributed by atoms with van der Waals surface area (Å²) < 4.78 is 14.6. The Balaban J connectivity index is 2.87. The fraction of sp³-hybridized carbons (Fsp3) is 0.312. The van der Waals surface area contributed by atoms with Crippen molar-refractivity contribution in [2.24, 2.45) is 0 Å². The number of carbonyl (C=O) groups excluding carboxylic acids is 2. The molecule has 0 aliphatic heterocycles. The first kappa shape index (κ1) is 18.1. The van der Waals surface area contributed by atoms with Crippen LogP contribution in [0.4, 0.5) is 5.69 Å². The Hall–Kier alpha value is -3.23. The van der Waals surface area contributed by atoms with Gasteiger partial charge >= 0.3 is 23.3 Å². The highest BCUT2D eigenvalue weighted by atomic mass is 16.6. The predicted molar refractivity (Wildman–Crippen MR) is 85.1 cm³/mol. The molecule has 0 unspecified atom stereocenters. The van der Waals surface area contributed by atoms with E-state index in [4.69, 9.17) is 13.9 Å². The van der Waals surface area contributed by atoms with Crippen LogP contribution in [-0.4, -0.2) is 30.1 Å². The second-order valence-electron chi connectivity index (χ2n) is 4.84. The summed E-state index contributed by atoms with van der Waals surface area (Å²) in [6.07, 6.45) is 0. The van der Waals surface area contributed by atoms with Crippen molar-refractivity contribution >= 4 is 28.6 Å².